The second-order valence-electron chi connectivity index (χ2n) is 5.21. The average molecular weight is 288 g/mol. The van der Waals surface area contributed by atoms with Crippen molar-refractivity contribution in [3.05, 3.63) is 36.0 Å². The van der Waals surface area contributed by atoms with Crippen molar-refractivity contribution < 1.29 is 14.0 Å². The molecule has 1 aromatic heterocycles. The van der Waals surface area contributed by atoms with Gasteiger partial charge in [0.2, 0.25) is 0 Å². The van der Waals surface area contributed by atoms with Crippen LogP contribution in [0, 0.1) is 0 Å². The smallest absolute Gasteiger partial charge is 0.167 e. The molecule has 1 N–H and O–H groups in total. The summed E-state index contributed by atoms with van der Waals surface area (Å²) in [4.78, 5) is 0. The predicted molar refractivity (Wildman–Crippen MR) is 79.2 cm³/mol. The maximum atomic E-state index is 5.45. The summed E-state index contributed by atoms with van der Waals surface area (Å²) in [6.07, 6.45) is 2.27. The van der Waals surface area contributed by atoms with Gasteiger partial charge in [0, 0.05) is 30.8 Å². The number of methoxy groups -OCH3 is 1. The van der Waals surface area contributed by atoms with E-state index in [1.165, 1.54) is 0 Å². The largest absolute Gasteiger partial charge is 0.497 e. The van der Waals surface area contributed by atoms with Gasteiger partial charge in [-0.05, 0) is 37.1 Å². The van der Waals surface area contributed by atoms with Crippen LogP contribution in [-0.2, 0) is 11.3 Å². The molecule has 112 valence electrons. The van der Waals surface area contributed by atoms with Gasteiger partial charge in [0.1, 0.15) is 5.75 Å². The van der Waals surface area contributed by atoms with Crippen molar-refractivity contribution in [2.45, 2.75) is 25.4 Å². The summed E-state index contributed by atoms with van der Waals surface area (Å²) in [6.45, 7) is 2.36. The van der Waals surface area contributed by atoms with E-state index in [0.717, 1.165) is 48.8 Å². The Kier molecular flexibility index (Phi) is 4.52. The lowest BCUT2D eigenvalue weighted by Crippen LogP contribution is -2.36. The number of hydrogen-bond donors (Lipinski definition) is 1. The second kappa shape index (κ2) is 6.74. The Morgan fingerprint density at radius 1 is 1.33 bits per heavy atom. The van der Waals surface area contributed by atoms with Crippen molar-refractivity contribution in [3.8, 4) is 17.1 Å². The van der Waals surface area contributed by atoms with Crippen molar-refractivity contribution in [2.75, 3.05) is 20.3 Å². The Bertz CT molecular complexity index is 559. The van der Waals surface area contributed by atoms with Gasteiger partial charge >= 0.3 is 0 Å². The molecule has 0 saturated carbocycles. The molecule has 0 spiro atoms. The third-order valence-corrected chi connectivity index (χ3v) is 3.67. The SMILES string of the molecule is COc1ccc(-c2cc(CN[C@H]3CCCOC3)no2)cc1. The topological polar surface area (TPSA) is 56.5 Å². The van der Waals surface area contributed by atoms with Gasteiger partial charge in [-0.25, -0.2) is 0 Å². The van der Waals surface area contributed by atoms with Gasteiger partial charge in [-0.2, -0.15) is 0 Å². The molecule has 5 heteroatoms. The van der Waals surface area contributed by atoms with Crippen LogP contribution in [0.1, 0.15) is 18.5 Å². The van der Waals surface area contributed by atoms with Crippen LogP contribution in [-0.4, -0.2) is 31.5 Å². The number of aromatic nitrogens is 1. The zero-order valence-corrected chi connectivity index (χ0v) is 12.2. The lowest BCUT2D eigenvalue weighted by Gasteiger charge is -2.22. The van der Waals surface area contributed by atoms with Crippen LogP contribution < -0.4 is 10.1 Å². The van der Waals surface area contributed by atoms with E-state index in [-0.39, 0.29) is 0 Å². The number of nitrogens with one attached hydrogen (secondary N) is 1. The summed E-state index contributed by atoms with van der Waals surface area (Å²) in [7, 11) is 1.65. The van der Waals surface area contributed by atoms with E-state index in [9.17, 15) is 0 Å². The maximum Gasteiger partial charge on any atom is 0.167 e. The minimum Gasteiger partial charge on any atom is -0.497 e. The quantitative estimate of drug-likeness (QED) is 0.916. The monoisotopic (exact) mass is 288 g/mol. The van der Waals surface area contributed by atoms with E-state index in [1.54, 1.807) is 7.11 Å². The Hall–Kier alpha value is -1.85. The zero-order valence-electron chi connectivity index (χ0n) is 12.2. The highest BCUT2D eigenvalue weighted by molar-refractivity contribution is 5.58. The van der Waals surface area contributed by atoms with Gasteiger partial charge in [0.05, 0.1) is 19.4 Å². The Balaban J connectivity index is 1.59. The van der Waals surface area contributed by atoms with Crippen molar-refractivity contribution in [1.82, 2.24) is 10.5 Å². The Morgan fingerprint density at radius 3 is 2.90 bits per heavy atom. The van der Waals surface area contributed by atoms with Crippen LogP contribution in [0.2, 0.25) is 0 Å². The highest BCUT2D eigenvalue weighted by Gasteiger charge is 2.14. The molecule has 0 amide bonds. The van der Waals surface area contributed by atoms with Crippen LogP contribution in [0.4, 0.5) is 0 Å². The lowest BCUT2D eigenvalue weighted by atomic mass is 10.1. The molecule has 0 aliphatic carbocycles. The van der Waals surface area contributed by atoms with Crippen molar-refractivity contribution in [2.24, 2.45) is 0 Å². The highest BCUT2D eigenvalue weighted by atomic mass is 16.5. The molecule has 5 nitrogen and oxygen atoms in total. The molecular formula is C16H20N2O3. The fourth-order valence-electron chi connectivity index (χ4n) is 2.44. The molecule has 0 radical (unpaired) electrons. The number of nitrogens with zero attached hydrogens (tertiary/aromatic N) is 1. The summed E-state index contributed by atoms with van der Waals surface area (Å²) in [5.74, 6) is 1.60. The number of hydrogen-bond acceptors (Lipinski definition) is 5. The number of benzene rings is 1. The molecule has 3 rings (SSSR count). The fraction of sp³-hybridized carbons (Fsp3) is 0.438. The molecule has 0 unspecified atom stereocenters. The normalized spacial score (nSPS) is 18.6. The van der Waals surface area contributed by atoms with Gasteiger partial charge in [-0.15, -0.1) is 0 Å². The van der Waals surface area contributed by atoms with Crippen LogP contribution in [0.25, 0.3) is 11.3 Å². The van der Waals surface area contributed by atoms with Gasteiger partial charge in [-0.1, -0.05) is 5.16 Å². The van der Waals surface area contributed by atoms with E-state index in [4.69, 9.17) is 14.0 Å². The third-order valence-electron chi connectivity index (χ3n) is 3.67. The van der Waals surface area contributed by atoms with Crippen LogP contribution in [0.5, 0.6) is 5.75 Å². The maximum absolute atomic E-state index is 5.45. The summed E-state index contributed by atoms with van der Waals surface area (Å²) in [6, 6.07) is 10.1. The molecule has 1 atom stereocenters. The molecule has 0 bridgehead atoms. The number of rotatable bonds is 5. The minimum atomic E-state index is 0.417. The standard InChI is InChI=1S/C16H20N2O3/c1-19-15-6-4-12(5-7-15)16-9-14(18-21-16)10-17-13-3-2-8-20-11-13/h4-7,9,13,17H,2-3,8,10-11H2,1H3/t13-/m0/s1. The Labute approximate surface area is 124 Å². The highest BCUT2D eigenvalue weighted by Crippen LogP contribution is 2.23. The predicted octanol–water partition coefficient (Wildman–Crippen LogP) is 2.62. The molecule has 1 aliphatic rings. The van der Waals surface area contributed by atoms with Crippen LogP contribution >= 0.6 is 0 Å². The molecule has 21 heavy (non-hydrogen) atoms. The lowest BCUT2D eigenvalue weighted by molar-refractivity contribution is 0.0697. The molecule has 2 heterocycles. The third kappa shape index (κ3) is 3.62. The van der Waals surface area contributed by atoms with E-state index in [0.29, 0.717) is 12.6 Å². The zero-order chi connectivity index (χ0) is 14.5. The molecule has 1 aliphatic heterocycles. The fourth-order valence-corrected chi connectivity index (χ4v) is 2.44. The van der Waals surface area contributed by atoms with Gasteiger partial charge in [0.25, 0.3) is 0 Å². The van der Waals surface area contributed by atoms with Crippen molar-refractivity contribution in [3.63, 3.8) is 0 Å². The molecule has 1 fully saturated rings. The summed E-state index contributed by atoms with van der Waals surface area (Å²) in [5.41, 5.74) is 1.90. The molecular weight excluding hydrogens is 268 g/mol. The average Bonchev–Trinajstić information content (AvgIpc) is 3.03. The van der Waals surface area contributed by atoms with Gasteiger partial charge in [-0.3, -0.25) is 0 Å². The summed E-state index contributed by atoms with van der Waals surface area (Å²) >= 11 is 0. The molecule has 1 aromatic carbocycles. The van der Waals surface area contributed by atoms with E-state index in [1.807, 2.05) is 30.3 Å². The summed E-state index contributed by atoms with van der Waals surface area (Å²) < 4.78 is 16.0. The first-order valence-electron chi connectivity index (χ1n) is 7.26. The molecule has 2 aromatic rings. The second-order valence-corrected chi connectivity index (χ2v) is 5.21. The van der Waals surface area contributed by atoms with Crippen molar-refractivity contribution >= 4 is 0 Å². The first-order valence-corrected chi connectivity index (χ1v) is 7.26. The first kappa shape index (κ1) is 14.1. The molecule has 1 saturated heterocycles. The number of ether oxygens (including phenoxy) is 2. The Morgan fingerprint density at radius 2 is 2.19 bits per heavy atom. The van der Waals surface area contributed by atoms with E-state index in [2.05, 4.69) is 10.5 Å². The first-order chi connectivity index (χ1) is 10.3. The summed E-state index contributed by atoms with van der Waals surface area (Å²) in [5, 5.41) is 7.56. The van der Waals surface area contributed by atoms with E-state index >= 15 is 0 Å². The van der Waals surface area contributed by atoms with Crippen LogP contribution in [0.3, 0.4) is 0 Å². The minimum absolute atomic E-state index is 0.417. The van der Waals surface area contributed by atoms with E-state index < -0.39 is 0 Å². The van der Waals surface area contributed by atoms with Gasteiger partial charge in [0.15, 0.2) is 5.76 Å². The van der Waals surface area contributed by atoms with Crippen LogP contribution in [0.15, 0.2) is 34.9 Å². The van der Waals surface area contributed by atoms with Crippen molar-refractivity contribution in [1.29, 1.82) is 0 Å². The van der Waals surface area contributed by atoms with Gasteiger partial charge < -0.3 is 19.3 Å².